The number of benzene rings is 1. The molecule has 0 bridgehead atoms. The Balaban J connectivity index is 1.51. The third-order valence-corrected chi connectivity index (χ3v) is 3.94. The number of carbonyl (C=O) groups is 1. The van der Waals surface area contributed by atoms with Crippen LogP contribution in [0.15, 0.2) is 29.1 Å². The van der Waals surface area contributed by atoms with Crippen LogP contribution in [0.3, 0.4) is 0 Å². The standard InChI is InChI=1S/C16H19N3O3/c1-10-3-5-12(6-4-10)22-13-8-19(9-13)15(20)7-14-11(2)17-18-16(14)21/h3-6,13H,7-9H2,1-2H3,(H2,17,18,21). The number of hydrogen-bond acceptors (Lipinski definition) is 3. The summed E-state index contributed by atoms with van der Waals surface area (Å²) in [5.41, 5.74) is 2.18. The molecule has 3 rings (SSSR count). The average Bonchev–Trinajstić information content (AvgIpc) is 2.76. The monoisotopic (exact) mass is 301 g/mol. The number of amides is 1. The summed E-state index contributed by atoms with van der Waals surface area (Å²) in [6.45, 7) is 4.93. The second-order valence-corrected chi connectivity index (χ2v) is 5.71. The molecule has 1 aliphatic rings. The number of rotatable bonds is 4. The van der Waals surface area contributed by atoms with E-state index in [1.54, 1.807) is 11.8 Å². The molecule has 0 unspecified atom stereocenters. The van der Waals surface area contributed by atoms with E-state index in [-0.39, 0.29) is 24.0 Å². The van der Waals surface area contributed by atoms with Crippen molar-refractivity contribution in [2.75, 3.05) is 13.1 Å². The number of aromatic amines is 2. The van der Waals surface area contributed by atoms with Crippen molar-refractivity contribution in [2.24, 2.45) is 0 Å². The number of H-pyrrole nitrogens is 2. The first-order valence-corrected chi connectivity index (χ1v) is 7.30. The summed E-state index contributed by atoms with van der Waals surface area (Å²) in [6, 6.07) is 7.86. The van der Waals surface area contributed by atoms with Crippen LogP contribution in [0.5, 0.6) is 5.75 Å². The molecule has 0 atom stereocenters. The van der Waals surface area contributed by atoms with Gasteiger partial charge in [0.15, 0.2) is 0 Å². The van der Waals surface area contributed by atoms with Gasteiger partial charge in [0.25, 0.3) is 5.56 Å². The number of ether oxygens (including phenoxy) is 1. The molecule has 2 aromatic rings. The molecule has 1 amide bonds. The topological polar surface area (TPSA) is 78.2 Å². The molecule has 22 heavy (non-hydrogen) atoms. The summed E-state index contributed by atoms with van der Waals surface area (Å²) >= 11 is 0. The molecule has 0 radical (unpaired) electrons. The zero-order valence-corrected chi connectivity index (χ0v) is 12.7. The molecule has 1 saturated heterocycles. The lowest BCUT2D eigenvalue weighted by Gasteiger charge is -2.39. The van der Waals surface area contributed by atoms with Gasteiger partial charge < -0.3 is 14.7 Å². The van der Waals surface area contributed by atoms with Crippen LogP contribution < -0.4 is 10.3 Å². The van der Waals surface area contributed by atoms with Gasteiger partial charge in [-0.3, -0.25) is 14.7 Å². The number of nitrogens with one attached hydrogen (secondary N) is 2. The van der Waals surface area contributed by atoms with Crippen molar-refractivity contribution in [3.05, 3.63) is 51.4 Å². The van der Waals surface area contributed by atoms with Gasteiger partial charge in [-0.25, -0.2) is 0 Å². The largest absolute Gasteiger partial charge is 0.487 e. The summed E-state index contributed by atoms with van der Waals surface area (Å²) in [7, 11) is 0. The van der Waals surface area contributed by atoms with Crippen LogP contribution in [0.4, 0.5) is 0 Å². The molecule has 6 nitrogen and oxygen atoms in total. The Bertz CT molecular complexity index is 724. The number of likely N-dealkylation sites (tertiary alicyclic amines) is 1. The lowest BCUT2D eigenvalue weighted by molar-refractivity contribution is -0.139. The van der Waals surface area contributed by atoms with E-state index in [2.05, 4.69) is 10.2 Å². The lowest BCUT2D eigenvalue weighted by Crippen LogP contribution is -2.56. The molecular weight excluding hydrogens is 282 g/mol. The van der Waals surface area contributed by atoms with Gasteiger partial charge in [-0.1, -0.05) is 17.7 Å². The molecule has 116 valence electrons. The van der Waals surface area contributed by atoms with Crippen molar-refractivity contribution in [2.45, 2.75) is 26.4 Å². The Labute approximate surface area is 128 Å². The third kappa shape index (κ3) is 2.90. The summed E-state index contributed by atoms with van der Waals surface area (Å²) < 4.78 is 5.80. The fourth-order valence-corrected chi connectivity index (χ4v) is 2.47. The van der Waals surface area contributed by atoms with Crippen LogP contribution in [0, 0.1) is 13.8 Å². The van der Waals surface area contributed by atoms with Gasteiger partial charge >= 0.3 is 0 Å². The van der Waals surface area contributed by atoms with Crippen LogP contribution in [0.25, 0.3) is 0 Å². The first kappa shape index (κ1) is 14.4. The normalized spacial score (nSPS) is 14.7. The summed E-state index contributed by atoms with van der Waals surface area (Å²) in [4.78, 5) is 25.4. The highest BCUT2D eigenvalue weighted by Gasteiger charge is 2.32. The predicted molar refractivity (Wildman–Crippen MR) is 82.0 cm³/mol. The number of aryl methyl sites for hydroxylation is 2. The minimum absolute atomic E-state index is 0.0252. The maximum atomic E-state index is 12.1. The SMILES string of the molecule is Cc1ccc(OC2CN(C(=O)Cc3c(C)[nH][nH]c3=O)C2)cc1. The van der Waals surface area contributed by atoms with E-state index in [0.29, 0.717) is 24.3 Å². The van der Waals surface area contributed by atoms with Crippen LogP contribution >= 0.6 is 0 Å². The first-order valence-electron chi connectivity index (χ1n) is 7.30. The molecule has 0 saturated carbocycles. The Morgan fingerprint density at radius 2 is 1.91 bits per heavy atom. The van der Waals surface area contributed by atoms with Crippen LogP contribution in [0.2, 0.25) is 0 Å². The molecule has 6 heteroatoms. The van der Waals surface area contributed by atoms with Gasteiger partial charge in [-0.15, -0.1) is 0 Å². The number of carbonyl (C=O) groups excluding carboxylic acids is 1. The van der Waals surface area contributed by atoms with Gasteiger partial charge in [0, 0.05) is 11.3 Å². The van der Waals surface area contributed by atoms with Crippen molar-refractivity contribution in [3.8, 4) is 5.75 Å². The van der Waals surface area contributed by atoms with Crippen molar-refractivity contribution >= 4 is 5.91 Å². The maximum absolute atomic E-state index is 12.1. The molecule has 1 aliphatic heterocycles. The van der Waals surface area contributed by atoms with E-state index in [1.807, 2.05) is 31.2 Å². The second kappa shape index (κ2) is 5.71. The van der Waals surface area contributed by atoms with Crippen molar-refractivity contribution in [3.63, 3.8) is 0 Å². The van der Waals surface area contributed by atoms with Crippen LogP contribution in [-0.2, 0) is 11.2 Å². The van der Waals surface area contributed by atoms with Crippen molar-refractivity contribution in [1.29, 1.82) is 0 Å². The molecule has 1 aromatic carbocycles. The molecule has 2 heterocycles. The van der Waals surface area contributed by atoms with E-state index in [9.17, 15) is 9.59 Å². The fourth-order valence-electron chi connectivity index (χ4n) is 2.47. The smallest absolute Gasteiger partial charge is 0.267 e. The molecule has 1 fully saturated rings. The highest BCUT2D eigenvalue weighted by molar-refractivity contribution is 5.79. The van der Waals surface area contributed by atoms with Gasteiger partial charge in [0.1, 0.15) is 11.9 Å². The van der Waals surface area contributed by atoms with Gasteiger partial charge in [0.2, 0.25) is 5.91 Å². The van der Waals surface area contributed by atoms with Crippen LogP contribution in [0.1, 0.15) is 16.8 Å². The molecule has 0 aliphatic carbocycles. The number of hydrogen-bond donors (Lipinski definition) is 2. The quantitative estimate of drug-likeness (QED) is 0.889. The third-order valence-electron chi connectivity index (χ3n) is 3.94. The predicted octanol–water partition coefficient (Wildman–Crippen LogP) is 1.15. The first-order chi connectivity index (χ1) is 10.5. The summed E-state index contributed by atoms with van der Waals surface area (Å²) in [5, 5.41) is 5.22. The summed E-state index contributed by atoms with van der Waals surface area (Å²) in [5.74, 6) is 0.776. The Kier molecular flexibility index (Phi) is 3.75. The summed E-state index contributed by atoms with van der Waals surface area (Å²) in [6.07, 6.45) is 0.152. The molecule has 0 spiro atoms. The van der Waals surface area contributed by atoms with Gasteiger partial charge in [-0.05, 0) is 26.0 Å². The maximum Gasteiger partial charge on any atom is 0.267 e. The Morgan fingerprint density at radius 3 is 2.50 bits per heavy atom. The zero-order valence-electron chi connectivity index (χ0n) is 12.7. The molecular formula is C16H19N3O3. The van der Waals surface area contributed by atoms with Crippen molar-refractivity contribution < 1.29 is 9.53 Å². The van der Waals surface area contributed by atoms with Gasteiger partial charge in [-0.2, -0.15) is 0 Å². The minimum atomic E-state index is -0.223. The van der Waals surface area contributed by atoms with E-state index < -0.39 is 0 Å². The van der Waals surface area contributed by atoms with E-state index in [0.717, 1.165) is 5.75 Å². The average molecular weight is 301 g/mol. The highest BCUT2D eigenvalue weighted by Crippen LogP contribution is 2.19. The Morgan fingerprint density at radius 1 is 1.23 bits per heavy atom. The van der Waals surface area contributed by atoms with Crippen LogP contribution in [-0.4, -0.2) is 40.2 Å². The number of aromatic nitrogens is 2. The molecule has 2 N–H and O–H groups in total. The highest BCUT2D eigenvalue weighted by atomic mass is 16.5. The van der Waals surface area contributed by atoms with E-state index in [1.165, 1.54) is 5.56 Å². The lowest BCUT2D eigenvalue weighted by atomic mass is 10.1. The van der Waals surface area contributed by atoms with E-state index in [4.69, 9.17) is 4.74 Å². The van der Waals surface area contributed by atoms with E-state index >= 15 is 0 Å². The number of nitrogens with zero attached hydrogens (tertiary/aromatic N) is 1. The fraction of sp³-hybridized carbons (Fsp3) is 0.375. The second-order valence-electron chi connectivity index (χ2n) is 5.71. The van der Waals surface area contributed by atoms with Crippen molar-refractivity contribution in [1.82, 2.24) is 15.1 Å². The zero-order chi connectivity index (χ0) is 15.7. The molecule has 1 aromatic heterocycles. The van der Waals surface area contributed by atoms with Gasteiger partial charge in [0.05, 0.1) is 19.5 Å². The minimum Gasteiger partial charge on any atom is -0.487 e. The Hall–Kier alpha value is -2.50.